The number of rotatable bonds is 4. The normalized spacial score (nSPS) is 11.1. The molecule has 2 nitrogen and oxygen atoms in total. The van der Waals surface area contributed by atoms with Gasteiger partial charge in [-0.2, -0.15) is 0 Å². The third kappa shape index (κ3) is 2.44. The lowest BCUT2D eigenvalue weighted by Gasteiger charge is -2.09. The van der Waals surface area contributed by atoms with E-state index in [0.717, 1.165) is 40.4 Å². The zero-order chi connectivity index (χ0) is 13.9. The summed E-state index contributed by atoms with van der Waals surface area (Å²) in [5.41, 5.74) is 3.22. The van der Waals surface area contributed by atoms with Gasteiger partial charge in [0.05, 0.1) is 11.0 Å². The van der Waals surface area contributed by atoms with Crippen molar-refractivity contribution in [2.24, 2.45) is 0 Å². The third-order valence-electron chi connectivity index (χ3n) is 3.45. The highest BCUT2D eigenvalue weighted by Crippen LogP contribution is 2.25. The lowest BCUT2D eigenvalue weighted by Crippen LogP contribution is -2.01. The fourth-order valence-corrected chi connectivity index (χ4v) is 2.63. The number of hydrogen-bond acceptors (Lipinski definition) is 1. The van der Waals surface area contributed by atoms with E-state index >= 15 is 0 Å². The molecular weight excluding hydrogens is 268 g/mol. The van der Waals surface area contributed by atoms with E-state index in [-0.39, 0.29) is 0 Å². The number of fused-ring (bicyclic) bond motifs is 1. The van der Waals surface area contributed by atoms with Gasteiger partial charge in [-0.25, -0.2) is 4.98 Å². The van der Waals surface area contributed by atoms with Gasteiger partial charge in [0.15, 0.2) is 0 Å². The molecular formula is C17H17ClN2. The molecule has 0 unspecified atom stereocenters. The molecule has 0 N–H and O–H groups in total. The Kier molecular flexibility index (Phi) is 3.75. The van der Waals surface area contributed by atoms with Gasteiger partial charge in [0.1, 0.15) is 5.82 Å². The van der Waals surface area contributed by atoms with Crippen LogP contribution in [0.4, 0.5) is 0 Å². The van der Waals surface area contributed by atoms with Gasteiger partial charge in [-0.05, 0) is 36.8 Å². The van der Waals surface area contributed by atoms with Crippen LogP contribution < -0.4 is 0 Å². The van der Waals surface area contributed by atoms with Crippen molar-refractivity contribution >= 4 is 22.6 Å². The molecule has 102 valence electrons. The number of benzene rings is 2. The van der Waals surface area contributed by atoms with E-state index in [0.29, 0.717) is 0 Å². The first-order valence-electron chi connectivity index (χ1n) is 7.02. The fraction of sp³-hybridized carbons (Fsp3) is 0.235. The van der Waals surface area contributed by atoms with Gasteiger partial charge in [0.25, 0.3) is 0 Å². The van der Waals surface area contributed by atoms with Crippen LogP contribution in [0.5, 0.6) is 0 Å². The van der Waals surface area contributed by atoms with E-state index in [1.807, 2.05) is 24.3 Å². The monoisotopic (exact) mass is 284 g/mol. The van der Waals surface area contributed by atoms with E-state index in [1.165, 1.54) is 6.42 Å². The maximum absolute atomic E-state index is 6.15. The molecule has 0 saturated carbocycles. The van der Waals surface area contributed by atoms with Gasteiger partial charge in [0.2, 0.25) is 0 Å². The molecule has 0 aliphatic rings. The molecule has 0 fully saturated rings. The molecule has 2 aromatic carbocycles. The summed E-state index contributed by atoms with van der Waals surface area (Å²) in [5.74, 6) is 1.11. The van der Waals surface area contributed by atoms with Gasteiger partial charge in [-0.15, -0.1) is 0 Å². The van der Waals surface area contributed by atoms with Crippen molar-refractivity contribution in [1.82, 2.24) is 9.55 Å². The van der Waals surface area contributed by atoms with E-state index in [1.54, 1.807) is 0 Å². The third-order valence-corrected chi connectivity index (χ3v) is 3.69. The minimum Gasteiger partial charge on any atom is -0.296 e. The van der Waals surface area contributed by atoms with Gasteiger partial charge >= 0.3 is 0 Å². The van der Waals surface area contributed by atoms with Crippen molar-refractivity contribution in [1.29, 1.82) is 0 Å². The number of nitrogens with zero attached hydrogens (tertiary/aromatic N) is 2. The molecule has 3 aromatic rings. The summed E-state index contributed by atoms with van der Waals surface area (Å²) >= 11 is 6.15. The highest BCUT2D eigenvalue weighted by atomic mass is 35.5. The molecule has 0 atom stereocenters. The van der Waals surface area contributed by atoms with Gasteiger partial charge in [0, 0.05) is 17.1 Å². The van der Waals surface area contributed by atoms with Crippen LogP contribution in [0.25, 0.3) is 16.7 Å². The zero-order valence-electron chi connectivity index (χ0n) is 11.5. The number of halogens is 1. The minimum atomic E-state index is 0.747. The first-order valence-corrected chi connectivity index (χ1v) is 7.39. The lowest BCUT2D eigenvalue weighted by atomic mass is 10.2. The first-order chi connectivity index (χ1) is 9.79. The quantitative estimate of drug-likeness (QED) is 0.657. The fourth-order valence-electron chi connectivity index (χ4n) is 2.47. The van der Waals surface area contributed by atoms with Crippen molar-refractivity contribution in [2.45, 2.75) is 26.2 Å². The molecule has 3 rings (SSSR count). The van der Waals surface area contributed by atoms with Crippen molar-refractivity contribution in [2.75, 3.05) is 0 Å². The van der Waals surface area contributed by atoms with Crippen LogP contribution in [0.2, 0.25) is 5.02 Å². The zero-order valence-corrected chi connectivity index (χ0v) is 12.3. The second kappa shape index (κ2) is 5.68. The summed E-state index contributed by atoms with van der Waals surface area (Å²) < 4.78 is 2.22. The number of aryl methyl sites for hydroxylation is 1. The van der Waals surface area contributed by atoms with E-state index in [2.05, 4.69) is 35.8 Å². The Bertz CT molecular complexity index is 716. The Morgan fingerprint density at radius 1 is 1.10 bits per heavy atom. The van der Waals surface area contributed by atoms with Crippen LogP contribution in [0.15, 0.2) is 48.5 Å². The second-order valence-electron chi connectivity index (χ2n) is 4.94. The molecule has 1 heterocycles. The Morgan fingerprint density at radius 2 is 1.90 bits per heavy atom. The topological polar surface area (TPSA) is 17.8 Å². The number of unbranched alkanes of at least 4 members (excludes halogenated alkanes) is 1. The Balaban J connectivity index is 2.22. The largest absolute Gasteiger partial charge is 0.296 e. The van der Waals surface area contributed by atoms with Gasteiger partial charge < -0.3 is 0 Å². The maximum Gasteiger partial charge on any atom is 0.114 e. The molecule has 0 spiro atoms. The predicted octanol–water partition coefficient (Wildman–Crippen LogP) is 5.02. The van der Waals surface area contributed by atoms with E-state index < -0.39 is 0 Å². The number of imidazole rings is 1. The summed E-state index contributed by atoms with van der Waals surface area (Å²) in [6.07, 6.45) is 3.29. The van der Waals surface area contributed by atoms with E-state index in [4.69, 9.17) is 16.6 Å². The number of para-hydroxylation sites is 1. The van der Waals surface area contributed by atoms with Gasteiger partial charge in [-0.3, -0.25) is 4.57 Å². The predicted molar refractivity (Wildman–Crippen MR) is 84.7 cm³/mol. The van der Waals surface area contributed by atoms with Crippen LogP contribution in [-0.4, -0.2) is 9.55 Å². The van der Waals surface area contributed by atoms with Crippen LogP contribution in [-0.2, 0) is 6.42 Å². The molecule has 0 aliphatic heterocycles. The molecule has 20 heavy (non-hydrogen) atoms. The van der Waals surface area contributed by atoms with Crippen molar-refractivity contribution in [3.8, 4) is 5.69 Å². The maximum atomic E-state index is 6.15. The smallest absolute Gasteiger partial charge is 0.114 e. The van der Waals surface area contributed by atoms with E-state index in [9.17, 15) is 0 Å². The minimum absolute atomic E-state index is 0.747. The van der Waals surface area contributed by atoms with Crippen molar-refractivity contribution in [3.05, 3.63) is 59.4 Å². The molecule has 1 aromatic heterocycles. The molecule has 0 bridgehead atoms. The average molecular weight is 285 g/mol. The molecule has 0 amide bonds. The first kappa shape index (κ1) is 13.2. The highest BCUT2D eigenvalue weighted by Gasteiger charge is 2.12. The van der Waals surface area contributed by atoms with Gasteiger partial charge in [-0.1, -0.05) is 43.1 Å². The summed E-state index contributed by atoms with van der Waals surface area (Å²) in [6.45, 7) is 2.20. The molecule has 0 radical (unpaired) electrons. The highest BCUT2D eigenvalue weighted by molar-refractivity contribution is 6.31. The molecule has 0 saturated heterocycles. The van der Waals surface area contributed by atoms with Crippen LogP contribution in [0, 0.1) is 0 Å². The average Bonchev–Trinajstić information content (AvgIpc) is 2.83. The lowest BCUT2D eigenvalue weighted by molar-refractivity contribution is 0.744. The Hall–Kier alpha value is -1.80. The number of aromatic nitrogens is 2. The summed E-state index contributed by atoms with van der Waals surface area (Å²) in [4.78, 5) is 4.77. The molecule has 3 heteroatoms. The van der Waals surface area contributed by atoms with Crippen molar-refractivity contribution < 1.29 is 0 Å². The summed E-state index contributed by atoms with van der Waals surface area (Å²) in [7, 11) is 0. The summed E-state index contributed by atoms with van der Waals surface area (Å²) in [5, 5.41) is 0.747. The SMILES string of the molecule is CCCCc1nc2ccc(Cl)cc2n1-c1ccccc1. The summed E-state index contributed by atoms with van der Waals surface area (Å²) in [6, 6.07) is 16.2. The number of hydrogen-bond donors (Lipinski definition) is 0. The second-order valence-corrected chi connectivity index (χ2v) is 5.37. The van der Waals surface area contributed by atoms with Crippen LogP contribution in [0.1, 0.15) is 25.6 Å². The molecule has 0 aliphatic carbocycles. The Morgan fingerprint density at radius 3 is 2.65 bits per heavy atom. The standard InChI is InChI=1S/C17H17ClN2/c1-2-3-9-17-19-15-11-10-13(18)12-16(15)20(17)14-7-5-4-6-8-14/h4-8,10-12H,2-3,9H2,1H3. The van der Waals surface area contributed by atoms with Crippen molar-refractivity contribution in [3.63, 3.8) is 0 Å². The van der Waals surface area contributed by atoms with Crippen LogP contribution >= 0.6 is 11.6 Å². The van der Waals surface area contributed by atoms with Crippen LogP contribution in [0.3, 0.4) is 0 Å². The Labute approximate surface area is 124 Å².